The monoisotopic (exact) mass is 327 g/mol. The molecule has 0 aliphatic carbocycles. The van der Waals surface area contributed by atoms with Gasteiger partial charge in [-0.25, -0.2) is 4.68 Å². The van der Waals surface area contributed by atoms with Gasteiger partial charge in [0.25, 0.3) is 0 Å². The summed E-state index contributed by atoms with van der Waals surface area (Å²) in [7, 11) is 0. The van der Waals surface area contributed by atoms with Crippen LogP contribution in [0.3, 0.4) is 0 Å². The minimum absolute atomic E-state index is 0.0154. The maximum Gasteiger partial charge on any atom is 0.236 e. The number of nitrogens with zero attached hydrogens (tertiary/aromatic N) is 4. The minimum atomic E-state index is -0.0154. The summed E-state index contributed by atoms with van der Waals surface area (Å²) in [5.41, 5.74) is 1.81. The predicted octanol–water partition coefficient (Wildman–Crippen LogP) is 2.32. The highest BCUT2D eigenvalue weighted by atomic mass is 16.2. The molecule has 2 heterocycles. The van der Waals surface area contributed by atoms with Gasteiger partial charge in [-0.05, 0) is 31.9 Å². The zero-order valence-electron chi connectivity index (χ0n) is 14.2. The molecule has 6 nitrogen and oxygen atoms in total. The van der Waals surface area contributed by atoms with E-state index in [1.807, 2.05) is 48.4 Å². The van der Waals surface area contributed by atoms with Crippen LogP contribution in [-0.2, 0) is 4.79 Å². The third-order valence-electron chi connectivity index (χ3n) is 4.49. The van der Waals surface area contributed by atoms with E-state index in [1.54, 1.807) is 4.68 Å². The lowest BCUT2D eigenvalue weighted by atomic mass is 10.2. The second-order valence-corrected chi connectivity index (χ2v) is 6.32. The zero-order chi connectivity index (χ0) is 16.8. The van der Waals surface area contributed by atoms with Gasteiger partial charge in [-0.2, -0.15) is 0 Å². The van der Waals surface area contributed by atoms with Crippen LogP contribution in [0.1, 0.15) is 44.3 Å². The molecule has 1 aromatic carbocycles. The number of para-hydroxylation sites is 1. The number of likely N-dealkylation sites (tertiary alicyclic amines) is 1. The first kappa shape index (κ1) is 16.6. The van der Waals surface area contributed by atoms with Crippen LogP contribution in [-0.4, -0.2) is 45.4 Å². The molecule has 1 fully saturated rings. The molecule has 3 rings (SSSR count). The van der Waals surface area contributed by atoms with E-state index in [0.29, 0.717) is 6.54 Å². The summed E-state index contributed by atoms with van der Waals surface area (Å²) < 4.78 is 1.75. The number of nitrogens with one attached hydrogen (secondary N) is 1. The van der Waals surface area contributed by atoms with Crippen LogP contribution in [0.25, 0.3) is 5.69 Å². The first-order valence-electron chi connectivity index (χ1n) is 8.73. The van der Waals surface area contributed by atoms with E-state index in [9.17, 15) is 4.79 Å². The highest BCUT2D eigenvalue weighted by Gasteiger charge is 2.17. The van der Waals surface area contributed by atoms with Gasteiger partial charge >= 0.3 is 0 Å². The molecule has 2 aromatic rings. The average Bonchev–Trinajstić information content (AvgIpc) is 2.96. The zero-order valence-corrected chi connectivity index (χ0v) is 14.2. The van der Waals surface area contributed by atoms with Gasteiger partial charge in [-0.1, -0.05) is 36.3 Å². The summed E-state index contributed by atoms with van der Waals surface area (Å²) in [6, 6.07) is 9.87. The van der Waals surface area contributed by atoms with Crippen molar-refractivity contribution in [3.8, 4) is 5.69 Å². The van der Waals surface area contributed by atoms with Crippen molar-refractivity contribution in [2.75, 3.05) is 19.6 Å². The molecule has 128 valence electrons. The molecule has 1 N–H and O–H groups in total. The van der Waals surface area contributed by atoms with Crippen molar-refractivity contribution in [2.24, 2.45) is 0 Å². The molecule has 1 saturated heterocycles. The van der Waals surface area contributed by atoms with Gasteiger partial charge < -0.3 is 10.2 Å². The number of carbonyl (C=O) groups is 1. The van der Waals surface area contributed by atoms with Gasteiger partial charge in [0.2, 0.25) is 5.91 Å². The van der Waals surface area contributed by atoms with Crippen molar-refractivity contribution >= 4 is 5.91 Å². The van der Waals surface area contributed by atoms with Crippen LogP contribution in [0, 0.1) is 0 Å². The molecule has 1 amide bonds. The Morgan fingerprint density at radius 2 is 1.88 bits per heavy atom. The van der Waals surface area contributed by atoms with Crippen LogP contribution in [0.2, 0.25) is 0 Å². The van der Waals surface area contributed by atoms with Crippen molar-refractivity contribution < 1.29 is 4.79 Å². The van der Waals surface area contributed by atoms with Crippen LogP contribution in [0.5, 0.6) is 0 Å². The molecule has 6 heteroatoms. The quantitative estimate of drug-likeness (QED) is 0.915. The van der Waals surface area contributed by atoms with Crippen molar-refractivity contribution in [3.63, 3.8) is 0 Å². The number of hydrogen-bond acceptors (Lipinski definition) is 4. The fraction of sp³-hybridized carbons (Fsp3) is 0.500. The van der Waals surface area contributed by atoms with Gasteiger partial charge in [-0.3, -0.25) is 4.79 Å². The summed E-state index contributed by atoms with van der Waals surface area (Å²) in [6.45, 7) is 4.13. The number of aromatic nitrogens is 3. The third kappa shape index (κ3) is 4.20. The maximum atomic E-state index is 12.3. The van der Waals surface area contributed by atoms with E-state index < -0.39 is 0 Å². The minimum Gasteiger partial charge on any atom is -0.342 e. The average molecular weight is 327 g/mol. The lowest BCUT2D eigenvalue weighted by Crippen LogP contribution is -2.39. The van der Waals surface area contributed by atoms with Crippen molar-refractivity contribution in [1.82, 2.24) is 25.2 Å². The molecular formula is C18H25N5O. The van der Waals surface area contributed by atoms with Crippen LogP contribution < -0.4 is 5.32 Å². The maximum absolute atomic E-state index is 12.3. The smallest absolute Gasteiger partial charge is 0.236 e. The lowest BCUT2D eigenvalue weighted by molar-refractivity contribution is -0.130. The second-order valence-electron chi connectivity index (χ2n) is 6.32. The Kier molecular flexibility index (Phi) is 5.59. The lowest BCUT2D eigenvalue weighted by Gasteiger charge is -2.21. The Morgan fingerprint density at radius 1 is 1.17 bits per heavy atom. The van der Waals surface area contributed by atoms with Crippen LogP contribution in [0.4, 0.5) is 0 Å². The Morgan fingerprint density at radius 3 is 2.58 bits per heavy atom. The molecule has 24 heavy (non-hydrogen) atoms. The summed E-state index contributed by atoms with van der Waals surface area (Å²) in [6.07, 6.45) is 6.61. The first-order chi connectivity index (χ1) is 11.7. The molecule has 1 aromatic heterocycles. The molecular weight excluding hydrogens is 302 g/mol. The molecule has 1 aliphatic heterocycles. The van der Waals surface area contributed by atoms with Gasteiger partial charge in [0.15, 0.2) is 0 Å². The molecule has 0 unspecified atom stereocenters. The van der Waals surface area contributed by atoms with Crippen molar-refractivity contribution in [1.29, 1.82) is 0 Å². The Labute approximate surface area is 142 Å². The summed E-state index contributed by atoms with van der Waals surface area (Å²) >= 11 is 0. The largest absolute Gasteiger partial charge is 0.342 e. The summed E-state index contributed by atoms with van der Waals surface area (Å²) in [5, 5.41) is 11.7. The standard InChI is InChI=1S/C18H25N5O/c1-15(19-13-18(24)22-11-7-2-3-8-12-22)17-14-23(21-20-17)16-9-5-4-6-10-16/h4-6,9-10,14-15,19H,2-3,7-8,11-13H2,1H3/t15-/m1/s1. The fourth-order valence-corrected chi connectivity index (χ4v) is 2.96. The summed E-state index contributed by atoms with van der Waals surface area (Å²) in [5.74, 6) is 0.180. The number of rotatable bonds is 5. The highest BCUT2D eigenvalue weighted by Crippen LogP contribution is 2.13. The molecule has 1 atom stereocenters. The number of hydrogen-bond donors (Lipinski definition) is 1. The van der Waals surface area contributed by atoms with E-state index in [1.165, 1.54) is 12.8 Å². The van der Waals surface area contributed by atoms with E-state index in [2.05, 4.69) is 15.6 Å². The van der Waals surface area contributed by atoms with Crippen molar-refractivity contribution in [2.45, 2.75) is 38.6 Å². The van der Waals surface area contributed by atoms with Gasteiger partial charge in [-0.15, -0.1) is 5.10 Å². The van der Waals surface area contributed by atoms with Gasteiger partial charge in [0, 0.05) is 13.1 Å². The molecule has 0 bridgehead atoms. The van der Waals surface area contributed by atoms with Gasteiger partial charge in [0.05, 0.1) is 30.2 Å². The van der Waals surface area contributed by atoms with Crippen molar-refractivity contribution in [3.05, 3.63) is 42.2 Å². The predicted molar refractivity (Wildman–Crippen MR) is 92.8 cm³/mol. The topological polar surface area (TPSA) is 63.1 Å². The Hall–Kier alpha value is -2.21. The van der Waals surface area contributed by atoms with E-state index in [0.717, 1.165) is 37.3 Å². The van der Waals surface area contributed by atoms with E-state index >= 15 is 0 Å². The normalized spacial score (nSPS) is 16.6. The fourth-order valence-electron chi connectivity index (χ4n) is 2.96. The number of benzene rings is 1. The van der Waals surface area contributed by atoms with Crippen LogP contribution in [0.15, 0.2) is 36.5 Å². The molecule has 0 spiro atoms. The Bertz CT molecular complexity index is 646. The van der Waals surface area contributed by atoms with E-state index in [4.69, 9.17) is 0 Å². The van der Waals surface area contributed by atoms with Crippen LogP contribution >= 0.6 is 0 Å². The summed E-state index contributed by atoms with van der Waals surface area (Å²) in [4.78, 5) is 14.3. The third-order valence-corrected chi connectivity index (χ3v) is 4.49. The molecule has 1 aliphatic rings. The van der Waals surface area contributed by atoms with Gasteiger partial charge in [0.1, 0.15) is 0 Å². The first-order valence-corrected chi connectivity index (χ1v) is 8.73. The Balaban J connectivity index is 1.54. The molecule has 0 radical (unpaired) electrons. The number of carbonyl (C=O) groups excluding carboxylic acids is 1. The molecule has 0 saturated carbocycles. The van der Waals surface area contributed by atoms with E-state index in [-0.39, 0.29) is 11.9 Å². The second kappa shape index (κ2) is 8.06. The SMILES string of the molecule is C[C@@H](NCC(=O)N1CCCCCC1)c1cn(-c2ccccc2)nn1. The number of amides is 1. The highest BCUT2D eigenvalue weighted by molar-refractivity contribution is 5.78.